The third-order valence-corrected chi connectivity index (χ3v) is 1.65. The summed E-state index contributed by atoms with van der Waals surface area (Å²) in [7, 11) is 0. The molecule has 0 aromatic rings. The lowest BCUT2D eigenvalue weighted by molar-refractivity contribution is -0.141. The minimum absolute atomic E-state index is 0.199. The summed E-state index contributed by atoms with van der Waals surface area (Å²) in [6, 6.07) is 0. The maximum Gasteiger partial charge on any atom is 0.374 e. The first-order valence-corrected chi connectivity index (χ1v) is 3.29. The molecule has 0 bridgehead atoms. The molecule has 1 rings (SSSR count). The molecule has 10 heavy (non-hydrogen) atoms. The van der Waals surface area contributed by atoms with Crippen molar-refractivity contribution in [1.29, 1.82) is 0 Å². The molecule has 0 radical (unpaired) electrons. The van der Waals surface area contributed by atoms with Crippen LogP contribution < -0.4 is 0 Å². The van der Waals surface area contributed by atoms with Crippen molar-refractivity contribution in [2.45, 2.75) is 26.4 Å². The van der Waals surface area contributed by atoms with E-state index < -0.39 is 5.97 Å². The molecule has 3 heteroatoms. The molecule has 0 aliphatic carbocycles. The molecular weight excluding hydrogens is 132 g/mol. The van der Waals surface area contributed by atoms with Crippen LogP contribution in [0.3, 0.4) is 0 Å². The molecule has 0 aromatic heterocycles. The van der Waals surface area contributed by atoms with E-state index in [4.69, 9.17) is 9.84 Å². The molecule has 0 saturated heterocycles. The van der Waals surface area contributed by atoms with Crippen LogP contribution in [-0.2, 0) is 9.53 Å². The lowest BCUT2D eigenvalue weighted by Crippen LogP contribution is -2.05. The lowest BCUT2D eigenvalue weighted by atomic mass is 10.1. The van der Waals surface area contributed by atoms with Gasteiger partial charge in [0, 0.05) is 5.57 Å². The summed E-state index contributed by atoms with van der Waals surface area (Å²) in [5.41, 5.74) is 0.699. The molecule has 56 valence electrons. The number of carbonyl (C=O) groups is 1. The van der Waals surface area contributed by atoms with Gasteiger partial charge in [0.15, 0.2) is 0 Å². The van der Waals surface area contributed by atoms with E-state index in [-0.39, 0.29) is 11.9 Å². The zero-order valence-corrected chi connectivity index (χ0v) is 6.05. The highest BCUT2D eigenvalue weighted by Gasteiger charge is 2.29. The van der Waals surface area contributed by atoms with E-state index in [1.807, 2.05) is 6.92 Å². The second-order valence-corrected chi connectivity index (χ2v) is 2.27. The fourth-order valence-electron chi connectivity index (χ4n) is 1.07. The quantitative estimate of drug-likeness (QED) is 0.559. The van der Waals surface area contributed by atoms with E-state index >= 15 is 0 Å². The molecule has 1 heterocycles. The van der Waals surface area contributed by atoms with Crippen LogP contribution in [0.4, 0.5) is 0 Å². The zero-order valence-electron chi connectivity index (χ0n) is 6.05. The first-order chi connectivity index (χ1) is 4.66. The highest BCUT2D eigenvalue weighted by molar-refractivity contribution is 5.89. The normalized spacial score (nSPS) is 25.4. The first-order valence-electron chi connectivity index (χ1n) is 3.29. The van der Waals surface area contributed by atoms with Gasteiger partial charge in [-0.1, -0.05) is 6.92 Å². The summed E-state index contributed by atoms with van der Waals surface area (Å²) in [4.78, 5) is 10.6. The number of ether oxygens (including phenoxy) is 1. The summed E-state index contributed by atoms with van der Waals surface area (Å²) >= 11 is 0. The van der Waals surface area contributed by atoms with Crippen LogP contribution in [0.5, 0.6) is 0 Å². The van der Waals surface area contributed by atoms with Crippen molar-refractivity contribution in [3.8, 4) is 0 Å². The molecule has 0 aromatic carbocycles. The predicted molar refractivity (Wildman–Crippen MR) is 35.5 cm³/mol. The lowest BCUT2D eigenvalue weighted by Gasteiger charge is -2.02. The van der Waals surface area contributed by atoms with Gasteiger partial charge in [-0.15, -0.1) is 0 Å². The minimum Gasteiger partial charge on any atom is -0.502 e. The molecule has 1 N–H and O–H groups in total. The van der Waals surface area contributed by atoms with E-state index in [2.05, 4.69) is 0 Å². The largest absolute Gasteiger partial charge is 0.502 e. The van der Waals surface area contributed by atoms with Crippen LogP contribution >= 0.6 is 0 Å². The average molecular weight is 142 g/mol. The van der Waals surface area contributed by atoms with Crippen LogP contribution in [0.25, 0.3) is 0 Å². The van der Waals surface area contributed by atoms with E-state index in [1.165, 1.54) is 0 Å². The Morgan fingerprint density at radius 2 is 2.30 bits per heavy atom. The number of aliphatic hydroxyl groups excluding tert-OH is 1. The molecule has 1 aliphatic heterocycles. The Morgan fingerprint density at radius 3 is 2.50 bits per heavy atom. The van der Waals surface area contributed by atoms with Gasteiger partial charge < -0.3 is 9.84 Å². The molecule has 0 fully saturated rings. The smallest absolute Gasteiger partial charge is 0.374 e. The second kappa shape index (κ2) is 2.33. The highest BCUT2D eigenvalue weighted by Crippen LogP contribution is 2.22. The SMILES string of the molecule is CCC1=C(O)C(=O)OC1C. The molecule has 0 amide bonds. The van der Waals surface area contributed by atoms with Crippen molar-refractivity contribution in [2.24, 2.45) is 0 Å². The van der Waals surface area contributed by atoms with E-state index in [9.17, 15) is 4.79 Å². The third-order valence-electron chi connectivity index (χ3n) is 1.65. The summed E-state index contributed by atoms with van der Waals surface area (Å²) in [5.74, 6) is -0.792. The van der Waals surface area contributed by atoms with Crippen LogP contribution in [0.2, 0.25) is 0 Å². The molecule has 1 aliphatic rings. The number of carbonyl (C=O) groups excluding carboxylic acids is 1. The maximum atomic E-state index is 10.6. The van der Waals surface area contributed by atoms with Gasteiger partial charge in [-0.2, -0.15) is 0 Å². The first kappa shape index (κ1) is 7.12. The predicted octanol–water partition coefficient (Wildman–Crippen LogP) is 1.15. The van der Waals surface area contributed by atoms with Crippen LogP contribution in [0, 0.1) is 0 Å². The Kier molecular flexibility index (Phi) is 1.66. The van der Waals surface area contributed by atoms with Crippen molar-refractivity contribution in [1.82, 2.24) is 0 Å². The molecule has 1 unspecified atom stereocenters. The Bertz CT molecular complexity index is 193. The van der Waals surface area contributed by atoms with Crippen molar-refractivity contribution in [3.05, 3.63) is 11.3 Å². The van der Waals surface area contributed by atoms with Gasteiger partial charge in [0.2, 0.25) is 5.76 Å². The van der Waals surface area contributed by atoms with Crippen LogP contribution in [0.1, 0.15) is 20.3 Å². The summed E-state index contributed by atoms with van der Waals surface area (Å²) < 4.78 is 4.71. The van der Waals surface area contributed by atoms with E-state index in [0.29, 0.717) is 12.0 Å². The number of cyclic esters (lactones) is 1. The standard InChI is InChI=1S/C7H10O3/c1-3-5-4(2)10-7(9)6(5)8/h4,8H,3H2,1-2H3. The van der Waals surface area contributed by atoms with Gasteiger partial charge in [-0.25, -0.2) is 4.79 Å². The fraction of sp³-hybridized carbons (Fsp3) is 0.571. The Labute approximate surface area is 59.3 Å². The highest BCUT2D eigenvalue weighted by atomic mass is 16.6. The van der Waals surface area contributed by atoms with Crippen molar-refractivity contribution in [3.63, 3.8) is 0 Å². The second-order valence-electron chi connectivity index (χ2n) is 2.27. The summed E-state index contributed by atoms with van der Waals surface area (Å²) in [6.07, 6.45) is 0.427. The number of esters is 1. The topological polar surface area (TPSA) is 46.5 Å². The van der Waals surface area contributed by atoms with Gasteiger partial charge in [0.25, 0.3) is 0 Å². The monoisotopic (exact) mass is 142 g/mol. The molecular formula is C7H10O3. The Balaban J connectivity index is 2.90. The summed E-state index contributed by atoms with van der Waals surface area (Å²) in [6.45, 7) is 3.63. The van der Waals surface area contributed by atoms with Gasteiger partial charge in [0.05, 0.1) is 0 Å². The van der Waals surface area contributed by atoms with Crippen molar-refractivity contribution >= 4 is 5.97 Å². The average Bonchev–Trinajstić information content (AvgIpc) is 2.09. The molecule has 0 spiro atoms. The van der Waals surface area contributed by atoms with E-state index in [1.54, 1.807) is 6.92 Å². The van der Waals surface area contributed by atoms with E-state index in [0.717, 1.165) is 0 Å². The molecule has 1 atom stereocenters. The van der Waals surface area contributed by atoms with Crippen LogP contribution in [-0.4, -0.2) is 17.2 Å². The van der Waals surface area contributed by atoms with Gasteiger partial charge in [-0.05, 0) is 13.3 Å². The Hall–Kier alpha value is -0.990. The molecule has 3 nitrogen and oxygen atoms in total. The van der Waals surface area contributed by atoms with Crippen molar-refractivity contribution < 1.29 is 14.6 Å². The number of rotatable bonds is 1. The number of aliphatic hydroxyl groups is 1. The maximum absolute atomic E-state index is 10.6. The fourth-order valence-corrected chi connectivity index (χ4v) is 1.07. The number of hydrogen-bond donors (Lipinski definition) is 1. The molecule has 0 saturated carbocycles. The van der Waals surface area contributed by atoms with Gasteiger partial charge in [-0.3, -0.25) is 0 Å². The van der Waals surface area contributed by atoms with Crippen LogP contribution in [0.15, 0.2) is 11.3 Å². The summed E-state index contributed by atoms with van der Waals surface area (Å²) in [5, 5.41) is 9.03. The minimum atomic E-state index is -0.593. The van der Waals surface area contributed by atoms with Gasteiger partial charge >= 0.3 is 5.97 Å². The third kappa shape index (κ3) is 0.875. The van der Waals surface area contributed by atoms with Gasteiger partial charge in [0.1, 0.15) is 6.10 Å². The van der Waals surface area contributed by atoms with Crippen molar-refractivity contribution in [2.75, 3.05) is 0 Å². The number of hydrogen-bond acceptors (Lipinski definition) is 3. The Morgan fingerprint density at radius 1 is 1.70 bits per heavy atom. The zero-order chi connectivity index (χ0) is 7.72.